The van der Waals surface area contributed by atoms with Crippen LogP contribution in [-0.2, 0) is 12.3 Å². The average molecular weight is 369 g/mol. The first-order valence-electron chi connectivity index (χ1n) is 8.43. The molecule has 1 saturated carbocycles. The molecule has 0 atom stereocenters. The summed E-state index contributed by atoms with van der Waals surface area (Å²) < 4.78 is 2.20. The van der Waals surface area contributed by atoms with Crippen LogP contribution in [0.4, 0.5) is 0 Å². The van der Waals surface area contributed by atoms with Gasteiger partial charge in [-0.15, -0.1) is 28.1 Å². The van der Waals surface area contributed by atoms with Gasteiger partial charge in [0, 0.05) is 29.2 Å². The number of allylic oxidation sites excluding steroid dienone is 1. The van der Waals surface area contributed by atoms with E-state index in [2.05, 4.69) is 57.9 Å². The monoisotopic (exact) mass is 368 g/mol. The molecule has 0 spiro atoms. The Hall–Kier alpha value is -1.92. The molecule has 0 bridgehead atoms. The fraction of sp³-hybridized carbons (Fsp3) is 0.316. The summed E-state index contributed by atoms with van der Waals surface area (Å²) in [6, 6.07) is 8.49. The lowest BCUT2D eigenvalue weighted by atomic mass is 10.1. The molecule has 1 aromatic carbocycles. The Bertz CT molecular complexity index is 892. The summed E-state index contributed by atoms with van der Waals surface area (Å²) in [5, 5.41) is 13.0. The highest BCUT2D eigenvalue weighted by Gasteiger charge is 2.30. The standard InChI is InChI=1S/C19H20N4S2/c1-3-9-23-17(14-7-8-14)21-22-19(23)25-12-16-11-24-18(20-16)15-6-4-5-13(2)10-15/h3-6,10-11,14H,1,7-9,12H2,2H3. The van der Waals surface area contributed by atoms with E-state index in [9.17, 15) is 0 Å². The van der Waals surface area contributed by atoms with E-state index in [1.165, 1.54) is 24.0 Å². The van der Waals surface area contributed by atoms with E-state index >= 15 is 0 Å². The Morgan fingerprint density at radius 1 is 1.36 bits per heavy atom. The van der Waals surface area contributed by atoms with Gasteiger partial charge in [0.15, 0.2) is 5.16 Å². The largest absolute Gasteiger partial charge is 0.302 e. The molecule has 1 fully saturated rings. The van der Waals surface area contributed by atoms with Crippen LogP contribution in [0.25, 0.3) is 10.6 Å². The number of aromatic nitrogens is 4. The maximum atomic E-state index is 4.79. The molecule has 1 aliphatic rings. The molecule has 0 unspecified atom stereocenters. The number of nitrogens with zero attached hydrogens (tertiary/aromatic N) is 4. The van der Waals surface area contributed by atoms with E-state index in [1.54, 1.807) is 23.1 Å². The summed E-state index contributed by atoms with van der Waals surface area (Å²) >= 11 is 3.40. The van der Waals surface area contributed by atoms with Gasteiger partial charge >= 0.3 is 0 Å². The van der Waals surface area contributed by atoms with E-state index in [0.29, 0.717) is 5.92 Å². The molecule has 3 aromatic rings. The van der Waals surface area contributed by atoms with Gasteiger partial charge in [0.25, 0.3) is 0 Å². The second-order valence-electron chi connectivity index (χ2n) is 6.32. The summed E-state index contributed by atoms with van der Waals surface area (Å²) in [7, 11) is 0. The van der Waals surface area contributed by atoms with Crippen LogP contribution in [0.15, 0.2) is 47.5 Å². The van der Waals surface area contributed by atoms with E-state index in [4.69, 9.17) is 4.98 Å². The minimum Gasteiger partial charge on any atom is -0.302 e. The lowest BCUT2D eigenvalue weighted by Crippen LogP contribution is -2.02. The van der Waals surface area contributed by atoms with Crippen LogP contribution in [0.5, 0.6) is 0 Å². The maximum absolute atomic E-state index is 4.79. The fourth-order valence-corrected chi connectivity index (χ4v) is 4.54. The van der Waals surface area contributed by atoms with Gasteiger partial charge in [-0.05, 0) is 25.8 Å². The predicted octanol–water partition coefficient (Wildman–Crippen LogP) is 5.07. The zero-order chi connectivity index (χ0) is 17.2. The van der Waals surface area contributed by atoms with Crippen molar-refractivity contribution in [2.24, 2.45) is 0 Å². The number of benzene rings is 1. The number of thiazole rings is 1. The van der Waals surface area contributed by atoms with Crippen LogP contribution in [-0.4, -0.2) is 19.7 Å². The Labute approximate surface area is 156 Å². The molecule has 0 aliphatic heterocycles. The predicted molar refractivity (Wildman–Crippen MR) is 104 cm³/mol. The van der Waals surface area contributed by atoms with Crippen molar-refractivity contribution >= 4 is 23.1 Å². The Morgan fingerprint density at radius 2 is 2.24 bits per heavy atom. The normalized spacial score (nSPS) is 14.0. The number of thioether (sulfide) groups is 1. The highest BCUT2D eigenvalue weighted by molar-refractivity contribution is 7.98. The van der Waals surface area contributed by atoms with Crippen molar-refractivity contribution in [1.29, 1.82) is 0 Å². The highest BCUT2D eigenvalue weighted by Crippen LogP contribution is 2.40. The van der Waals surface area contributed by atoms with Gasteiger partial charge in [0.2, 0.25) is 0 Å². The summed E-state index contributed by atoms with van der Waals surface area (Å²) in [5.74, 6) is 2.51. The summed E-state index contributed by atoms with van der Waals surface area (Å²) in [4.78, 5) is 4.79. The van der Waals surface area contributed by atoms with Crippen molar-refractivity contribution in [2.45, 2.75) is 43.1 Å². The molecule has 0 saturated heterocycles. The zero-order valence-electron chi connectivity index (χ0n) is 14.2. The van der Waals surface area contributed by atoms with Gasteiger partial charge in [-0.25, -0.2) is 4.98 Å². The van der Waals surface area contributed by atoms with Crippen LogP contribution < -0.4 is 0 Å². The van der Waals surface area contributed by atoms with E-state index < -0.39 is 0 Å². The number of hydrogen-bond donors (Lipinski definition) is 0. The Balaban J connectivity index is 1.48. The molecular weight excluding hydrogens is 348 g/mol. The van der Waals surface area contributed by atoms with E-state index in [0.717, 1.165) is 34.0 Å². The molecule has 1 aliphatic carbocycles. The fourth-order valence-electron chi connectivity index (χ4n) is 2.77. The molecule has 4 rings (SSSR count). The smallest absolute Gasteiger partial charge is 0.191 e. The zero-order valence-corrected chi connectivity index (χ0v) is 15.8. The van der Waals surface area contributed by atoms with Gasteiger partial charge in [0.05, 0.1) is 5.69 Å². The molecule has 4 nitrogen and oxygen atoms in total. The first-order valence-corrected chi connectivity index (χ1v) is 10.3. The van der Waals surface area contributed by atoms with Gasteiger partial charge in [-0.1, -0.05) is 41.6 Å². The van der Waals surface area contributed by atoms with Crippen LogP contribution in [0.3, 0.4) is 0 Å². The van der Waals surface area contributed by atoms with Crippen molar-refractivity contribution in [3.05, 3.63) is 59.4 Å². The number of rotatable bonds is 7. The topological polar surface area (TPSA) is 43.6 Å². The van der Waals surface area contributed by atoms with Crippen molar-refractivity contribution in [3.63, 3.8) is 0 Å². The van der Waals surface area contributed by atoms with Crippen LogP contribution in [0.2, 0.25) is 0 Å². The van der Waals surface area contributed by atoms with E-state index in [-0.39, 0.29) is 0 Å². The van der Waals surface area contributed by atoms with Gasteiger partial charge in [0.1, 0.15) is 10.8 Å². The third kappa shape index (κ3) is 3.70. The van der Waals surface area contributed by atoms with E-state index in [1.807, 2.05) is 6.08 Å². The van der Waals surface area contributed by atoms with Crippen molar-refractivity contribution in [3.8, 4) is 10.6 Å². The van der Waals surface area contributed by atoms with Gasteiger partial charge in [-0.2, -0.15) is 0 Å². The molecule has 6 heteroatoms. The van der Waals surface area contributed by atoms with Gasteiger partial charge < -0.3 is 4.57 Å². The molecule has 2 aromatic heterocycles. The minimum absolute atomic E-state index is 0.592. The molecule has 2 heterocycles. The molecule has 0 N–H and O–H groups in total. The molecule has 25 heavy (non-hydrogen) atoms. The van der Waals surface area contributed by atoms with Crippen LogP contribution in [0, 0.1) is 6.92 Å². The van der Waals surface area contributed by atoms with Crippen molar-refractivity contribution in [1.82, 2.24) is 19.7 Å². The lowest BCUT2D eigenvalue weighted by molar-refractivity contribution is 0.681. The SMILES string of the molecule is C=CCn1c(SCc2csc(-c3cccc(C)c3)n2)nnc1C1CC1. The molecular formula is C19H20N4S2. The van der Waals surface area contributed by atoms with Crippen LogP contribution in [0.1, 0.15) is 35.8 Å². The third-order valence-electron chi connectivity index (χ3n) is 4.17. The number of hydrogen-bond acceptors (Lipinski definition) is 5. The van der Waals surface area contributed by atoms with Crippen molar-refractivity contribution in [2.75, 3.05) is 0 Å². The Morgan fingerprint density at radius 3 is 3.00 bits per heavy atom. The first kappa shape index (κ1) is 16.5. The molecule has 0 radical (unpaired) electrons. The number of aryl methyl sites for hydroxylation is 1. The minimum atomic E-state index is 0.592. The molecule has 128 valence electrons. The highest BCUT2D eigenvalue weighted by atomic mass is 32.2. The average Bonchev–Trinajstić information content (AvgIpc) is 3.20. The van der Waals surface area contributed by atoms with Gasteiger partial charge in [-0.3, -0.25) is 0 Å². The molecule has 0 amide bonds. The first-order chi connectivity index (χ1) is 12.2. The summed E-state index contributed by atoms with van der Waals surface area (Å²) in [6.07, 6.45) is 4.37. The second-order valence-corrected chi connectivity index (χ2v) is 8.12. The maximum Gasteiger partial charge on any atom is 0.191 e. The quantitative estimate of drug-likeness (QED) is 0.431. The van der Waals surface area contributed by atoms with Crippen molar-refractivity contribution < 1.29 is 0 Å². The third-order valence-corrected chi connectivity index (χ3v) is 6.11. The lowest BCUT2D eigenvalue weighted by Gasteiger charge is -2.06. The second kappa shape index (κ2) is 7.14. The van der Waals surface area contributed by atoms with Crippen LogP contribution >= 0.6 is 23.1 Å². The Kier molecular flexibility index (Phi) is 4.72. The summed E-state index contributed by atoms with van der Waals surface area (Å²) in [6.45, 7) is 6.74. The summed E-state index contributed by atoms with van der Waals surface area (Å²) in [5.41, 5.74) is 3.54.